The molecule has 3 rings (SSSR count). The first-order chi connectivity index (χ1) is 9.26. The average molecular weight is 280 g/mol. The maximum absolute atomic E-state index is 4.59. The molecule has 1 atom stereocenters. The Morgan fingerprint density at radius 1 is 1.37 bits per heavy atom. The molecule has 1 saturated carbocycles. The summed E-state index contributed by atoms with van der Waals surface area (Å²) in [6.45, 7) is 8.18. The highest BCUT2D eigenvalue weighted by molar-refractivity contribution is 7.15. The molecule has 2 fully saturated rings. The fraction of sp³-hybridized carbons (Fsp3) is 0.786. The molecular weight excluding hydrogens is 256 g/mol. The smallest absolute Gasteiger partial charge is 0.185 e. The molecule has 106 valence electrons. The molecule has 19 heavy (non-hydrogen) atoms. The van der Waals surface area contributed by atoms with Gasteiger partial charge in [-0.15, -0.1) is 11.3 Å². The second-order valence-electron chi connectivity index (χ2n) is 5.79. The van der Waals surface area contributed by atoms with E-state index in [4.69, 9.17) is 0 Å². The van der Waals surface area contributed by atoms with Crippen LogP contribution < -0.4 is 10.2 Å². The molecule has 0 aromatic carbocycles. The van der Waals surface area contributed by atoms with Gasteiger partial charge in [0.25, 0.3) is 0 Å². The van der Waals surface area contributed by atoms with Crippen LogP contribution in [-0.4, -0.2) is 49.7 Å². The fourth-order valence-electron chi connectivity index (χ4n) is 2.55. The first-order valence-electron chi connectivity index (χ1n) is 7.36. The lowest BCUT2D eigenvalue weighted by molar-refractivity contribution is 0.248. The van der Waals surface area contributed by atoms with Crippen LogP contribution in [0.1, 0.15) is 30.7 Å². The number of rotatable bonds is 5. The number of piperazine rings is 1. The highest BCUT2D eigenvalue weighted by Gasteiger charge is 2.27. The van der Waals surface area contributed by atoms with Crippen LogP contribution in [0.3, 0.4) is 0 Å². The van der Waals surface area contributed by atoms with Gasteiger partial charge in [0, 0.05) is 49.8 Å². The summed E-state index contributed by atoms with van der Waals surface area (Å²) in [5.41, 5.74) is 0. The Hall–Kier alpha value is -0.650. The minimum atomic E-state index is 0.405. The molecule has 0 spiro atoms. The van der Waals surface area contributed by atoms with Gasteiger partial charge in [-0.05, 0) is 32.7 Å². The lowest BCUT2D eigenvalue weighted by Crippen LogP contribution is -2.47. The van der Waals surface area contributed by atoms with Crippen LogP contribution >= 0.6 is 11.3 Å². The number of hydrogen-bond acceptors (Lipinski definition) is 5. The SMILES string of the molecule is CNC(C)c1cnc(N2CCN(CC3CC3)CC2)s1. The fourth-order valence-corrected chi connectivity index (χ4v) is 3.58. The van der Waals surface area contributed by atoms with Crippen LogP contribution in [0.5, 0.6) is 0 Å². The monoisotopic (exact) mass is 280 g/mol. The maximum atomic E-state index is 4.59. The normalized spacial score (nSPS) is 22.7. The molecular formula is C14H24N4S. The molecule has 1 aromatic heterocycles. The highest BCUT2D eigenvalue weighted by Crippen LogP contribution is 2.31. The molecule has 2 aliphatic rings. The van der Waals surface area contributed by atoms with Crippen molar-refractivity contribution in [3.63, 3.8) is 0 Å². The Morgan fingerprint density at radius 3 is 2.74 bits per heavy atom. The van der Waals surface area contributed by atoms with E-state index >= 15 is 0 Å². The van der Waals surface area contributed by atoms with Crippen molar-refractivity contribution in [2.24, 2.45) is 5.92 Å². The Morgan fingerprint density at radius 2 is 2.11 bits per heavy atom. The van der Waals surface area contributed by atoms with Gasteiger partial charge >= 0.3 is 0 Å². The Kier molecular flexibility index (Phi) is 4.05. The molecule has 1 aliphatic heterocycles. The lowest BCUT2D eigenvalue weighted by Gasteiger charge is -2.34. The van der Waals surface area contributed by atoms with Crippen molar-refractivity contribution in [1.29, 1.82) is 0 Å². The minimum Gasteiger partial charge on any atom is -0.346 e. The van der Waals surface area contributed by atoms with Gasteiger partial charge in [-0.2, -0.15) is 0 Å². The zero-order valence-corrected chi connectivity index (χ0v) is 12.7. The van der Waals surface area contributed by atoms with E-state index in [0.717, 1.165) is 19.0 Å². The van der Waals surface area contributed by atoms with Crippen LogP contribution in [0.15, 0.2) is 6.20 Å². The predicted octanol–water partition coefficient (Wildman–Crippen LogP) is 1.96. The molecule has 0 amide bonds. The van der Waals surface area contributed by atoms with Crippen LogP contribution in [0.4, 0.5) is 5.13 Å². The Labute approximate surface area is 119 Å². The molecule has 2 heterocycles. The molecule has 1 N–H and O–H groups in total. The van der Waals surface area contributed by atoms with Gasteiger partial charge in [-0.25, -0.2) is 4.98 Å². The average Bonchev–Trinajstić information content (AvgIpc) is 3.12. The topological polar surface area (TPSA) is 31.4 Å². The number of nitrogens with one attached hydrogen (secondary N) is 1. The second-order valence-corrected chi connectivity index (χ2v) is 6.83. The van der Waals surface area contributed by atoms with E-state index in [1.54, 1.807) is 0 Å². The van der Waals surface area contributed by atoms with Gasteiger partial charge in [-0.3, -0.25) is 4.90 Å². The van der Waals surface area contributed by atoms with E-state index in [1.807, 2.05) is 24.6 Å². The Bertz CT molecular complexity index is 407. The van der Waals surface area contributed by atoms with Crippen LogP contribution in [0, 0.1) is 5.92 Å². The Balaban J connectivity index is 1.53. The van der Waals surface area contributed by atoms with E-state index < -0.39 is 0 Å². The first kappa shape index (κ1) is 13.3. The van der Waals surface area contributed by atoms with Gasteiger partial charge in [0.1, 0.15) is 0 Å². The van der Waals surface area contributed by atoms with Crippen molar-refractivity contribution in [2.75, 3.05) is 44.7 Å². The standard InChI is InChI=1S/C14H24N4S/c1-11(15-2)13-9-16-14(19-13)18-7-5-17(6-8-18)10-12-3-4-12/h9,11-12,15H,3-8,10H2,1-2H3. The first-order valence-corrected chi connectivity index (χ1v) is 8.18. The summed E-state index contributed by atoms with van der Waals surface area (Å²) in [5, 5.41) is 4.47. The summed E-state index contributed by atoms with van der Waals surface area (Å²) in [7, 11) is 2.00. The van der Waals surface area contributed by atoms with Gasteiger partial charge in [0.2, 0.25) is 0 Å². The van der Waals surface area contributed by atoms with Gasteiger partial charge < -0.3 is 10.2 Å². The molecule has 1 unspecified atom stereocenters. The summed E-state index contributed by atoms with van der Waals surface area (Å²) >= 11 is 1.83. The summed E-state index contributed by atoms with van der Waals surface area (Å²) in [6.07, 6.45) is 4.94. The van der Waals surface area contributed by atoms with E-state index in [2.05, 4.69) is 27.0 Å². The molecule has 0 radical (unpaired) electrons. The van der Waals surface area contributed by atoms with Gasteiger partial charge in [-0.1, -0.05) is 0 Å². The number of hydrogen-bond donors (Lipinski definition) is 1. The predicted molar refractivity (Wildman–Crippen MR) is 81.0 cm³/mol. The van der Waals surface area contributed by atoms with Crippen molar-refractivity contribution in [1.82, 2.24) is 15.2 Å². The maximum Gasteiger partial charge on any atom is 0.185 e. The zero-order valence-electron chi connectivity index (χ0n) is 11.9. The van der Waals surface area contributed by atoms with E-state index in [-0.39, 0.29) is 0 Å². The summed E-state index contributed by atoms with van der Waals surface area (Å²) in [5.74, 6) is 1.01. The third-order valence-electron chi connectivity index (χ3n) is 4.23. The summed E-state index contributed by atoms with van der Waals surface area (Å²) in [4.78, 5) is 11.0. The minimum absolute atomic E-state index is 0.405. The van der Waals surface area contributed by atoms with Crippen LogP contribution in [-0.2, 0) is 0 Å². The van der Waals surface area contributed by atoms with Crippen LogP contribution in [0.2, 0.25) is 0 Å². The van der Waals surface area contributed by atoms with Crippen molar-refractivity contribution in [3.05, 3.63) is 11.1 Å². The largest absolute Gasteiger partial charge is 0.346 e. The number of anilines is 1. The van der Waals surface area contributed by atoms with E-state index in [9.17, 15) is 0 Å². The lowest BCUT2D eigenvalue weighted by atomic mass is 10.3. The molecule has 0 bridgehead atoms. The van der Waals surface area contributed by atoms with Gasteiger partial charge in [0.15, 0.2) is 5.13 Å². The molecule has 1 saturated heterocycles. The second kappa shape index (κ2) is 5.77. The van der Waals surface area contributed by atoms with Crippen molar-refractivity contribution >= 4 is 16.5 Å². The number of nitrogens with zero attached hydrogens (tertiary/aromatic N) is 3. The molecule has 4 nitrogen and oxygen atoms in total. The number of thiazole rings is 1. The molecule has 1 aliphatic carbocycles. The summed E-state index contributed by atoms with van der Waals surface area (Å²) < 4.78 is 0. The van der Waals surface area contributed by atoms with E-state index in [0.29, 0.717) is 6.04 Å². The van der Waals surface area contributed by atoms with Crippen LogP contribution in [0.25, 0.3) is 0 Å². The quantitative estimate of drug-likeness (QED) is 0.893. The molecule has 5 heteroatoms. The number of aromatic nitrogens is 1. The van der Waals surface area contributed by atoms with Crippen molar-refractivity contribution in [2.45, 2.75) is 25.8 Å². The highest BCUT2D eigenvalue weighted by atomic mass is 32.1. The third kappa shape index (κ3) is 3.27. The van der Waals surface area contributed by atoms with E-state index in [1.165, 1.54) is 42.5 Å². The molecule has 1 aromatic rings. The van der Waals surface area contributed by atoms with Crippen molar-refractivity contribution in [3.8, 4) is 0 Å². The third-order valence-corrected chi connectivity index (χ3v) is 5.47. The summed E-state index contributed by atoms with van der Waals surface area (Å²) in [6, 6.07) is 0.405. The van der Waals surface area contributed by atoms with Gasteiger partial charge in [0.05, 0.1) is 0 Å². The van der Waals surface area contributed by atoms with Crippen molar-refractivity contribution < 1.29 is 0 Å². The zero-order chi connectivity index (χ0) is 13.2.